The molecule has 0 aliphatic rings. The Labute approximate surface area is 172 Å². The second kappa shape index (κ2) is 10.9. The van der Waals surface area contributed by atoms with E-state index in [0.717, 1.165) is 28.2 Å². The fraction of sp³-hybridized carbons (Fsp3) is 0.364. The molecular weight excluding hydrogens is 368 g/mol. The number of nitrogens with one attached hydrogen (secondary N) is 2. The quantitative estimate of drug-likeness (QED) is 0.527. The molecule has 0 saturated heterocycles. The Bertz CT molecular complexity index is 832. The van der Waals surface area contributed by atoms with Crippen molar-refractivity contribution in [2.45, 2.75) is 20.0 Å². The van der Waals surface area contributed by atoms with Crippen LogP contribution < -0.4 is 20.1 Å². The SMILES string of the molecule is COc1ccc(CNC(=NCc2cc(C)cc(OC)c2)NCC(=O)N(C)C)cc1. The molecule has 2 aromatic rings. The molecule has 7 nitrogen and oxygen atoms in total. The number of carbonyl (C=O) groups is 1. The molecule has 29 heavy (non-hydrogen) atoms. The molecule has 0 aliphatic carbocycles. The zero-order valence-electron chi connectivity index (χ0n) is 17.8. The predicted octanol–water partition coefficient (Wildman–Crippen LogP) is 2.34. The summed E-state index contributed by atoms with van der Waals surface area (Å²) in [7, 11) is 6.75. The molecule has 2 rings (SSSR count). The highest BCUT2D eigenvalue weighted by molar-refractivity contribution is 5.86. The fourth-order valence-corrected chi connectivity index (χ4v) is 2.62. The Morgan fingerprint density at radius 1 is 0.966 bits per heavy atom. The fourth-order valence-electron chi connectivity index (χ4n) is 2.62. The van der Waals surface area contributed by atoms with E-state index < -0.39 is 0 Å². The van der Waals surface area contributed by atoms with Crippen LogP contribution in [0, 0.1) is 6.92 Å². The molecule has 2 N–H and O–H groups in total. The lowest BCUT2D eigenvalue weighted by Crippen LogP contribution is -2.42. The summed E-state index contributed by atoms with van der Waals surface area (Å²) in [6.07, 6.45) is 0. The summed E-state index contributed by atoms with van der Waals surface area (Å²) in [6.45, 7) is 3.22. The number of hydrogen-bond acceptors (Lipinski definition) is 4. The van der Waals surface area contributed by atoms with E-state index in [1.54, 1.807) is 33.2 Å². The minimum absolute atomic E-state index is 0.0267. The maximum atomic E-state index is 11.9. The lowest BCUT2D eigenvalue weighted by atomic mass is 10.1. The molecule has 0 atom stereocenters. The van der Waals surface area contributed by atoms with Gasteiger partial charge in [0.15, 0.2) is 5.96 Å². The number of hydrogen-bond donors (Lipinski definition) is 2. The van der Waals surface area contributed by atoms with Gasteiger partial charge in [0.05, 0.1) is 27.3 Å². The molecule has 0 unspecified atom stereocenters. The lowest BCUT2D eigenvalue weighted by Gasteiger charge is -2.15. The molecule has 0 fully saturated rings. The van der Waals surface area contributed by atoms with Crippen molar-refractivity contribution in [3.05, 3.63) is 59.2 Å². The van der Waals surface area contributed by atoms with Gasteiger partial charge in [-0.1, -0.05) is 18.2 Å². The Morgan fingerprint density at radius 3 is 2.28 bits per heavy atom. The average molecular weight is 399 g/mol. The number of amides is 1. The van der Waals surface area contributed by atoms with E-state index in [0.29, 0.717) is 19.0 Å². The van der Waals surface area contributed by atoms with Crippen LogP contribution in [0.3, 0.4) is 0 Å². The van der Waals surface area contributed by atoms with E-state index in [2.05, 4.69) is 21.7 Å². The molecule has 0 bridgehead atoms. The van der Waals surface area contributed by atoms with Gasteiger partial charge in [-0.15, -0.1) is 0 Å². The number of benzene rings is 2. The van der Waals surface area contributed by atoms with Gasteiger partial charge < -0.3 is 25.0 Å². The number of methoxy groups -OCH3 is 2. The maximum absolute atomic E-state index is 11.9. The molecule has 1 amide bonds. The van der Waals surface area contributed by atoms with Crippen LogP contribution in [0.1, 0.15) is 16.7 Å². The summed E-state index contributed by atoms with van der Waals surface area (Å²) in [5, 5.41) is 6.38. The van der Waals surface area contributed by atoms with Crippen molar-refractivity contribution in [1.29, 1.82) is 0 Å². The predicted molar refractivity (Wildman–Crippen MR) is 115 cm³/mol. The second-order valence-corrected chi connectivity index (χ2v) is 6.87. The highest BCUT2D eigenvalue weighted by Crippen LogP contribution is 2.17. The van der Waals surface area contributed by atoms with Crippen LogP contribution >= 0.6 is 0 Å². The van der Waals surface area contributed by atoms with Gasteiger partial charge in [0.1, 0.15) is 11.5 Å². The molecular formula is C22H30N4O3. The molecule has 2 aromatic carbocycles. The van der Waals surface area contributed by atoms with Crippen molar-refractivity contribution < 1.29 is 14.3 Å². The summed E-state index contributed by atoms with van der Waals surface area (Å²) < 4.78 is 10.5. The number of aryl methyl sites for hydroxylation is 1. The van der Waals surface area contributed by atoms with E-state index in [9.17, 15) is 4.79 Å². The van der Waals surface area contributed by atoms with E-state index >= 15 is 0 Å². The molecule has 0 spiro atoms. The third-order valence-corrected chi connectivity index (χ3v) is 4.29. The molecule has 0 aromatic heterocycles. The summed E-state index contributed by atoms with van der Waals surface area (Å²) >= 11 is 0. The van der Waals surface area contributed by atoms with E-state index in [4.69, 9.17) is 9.47 Å². The minimum Gasteiger partial charge on any atom is -0.497 e. The molecule has 156 valence electrons. The molecule has 7 heteroatoms. The summed E-state index contributed by atoms with van der Waals surface area (Å²) in [4.78, 5) is 18.1. The van der Waals surface area contributed by atoms with Gasteiger partial charge in [-0.25, -0.2) is 4.99 Å². The van der Waals surface area contributed by atoms with Gasteiger partial charge >= 0.3 is 0 Å². The normalized spacial score (nSPS) is 11.0. The zero-order valence-corrected chi connectivity index (χ0v) is 17.8. The first-order valence-electron chi connectivity index (χ1n) is 9.41. The Balaban J connectivity index is 2.09. The third-order valence-electron chi connectivity index (χ3n) is 4.29. The first-order chi connectivity index (χ1) is 13.9. The van der Waals surface area contributed by atoms with Gasteiger partial charge in [-0.3, -0.25) is 4.79 Å². The number of carbonyl (C=O) groups excluding carboxylic acids is 1. The third kappa shape index (κ3) is 7.37. The van der Waals surface area contributed by atoms with Crippen LogP contribution in [0.2, 0.25) is 0 Å². The molecule has 0 aliphatic heterocycles. The molecule has 0 heterocycles. The Hall–Kier alpha value is -3.22. The zero-order chi connectivity index (χ0) is 21.2. The topological polar surface area (TPSA) is 75.2 Å². The molecule has 0 radical (unpaired) electrons. The first-order valence-corrected chi connectivity index (χ1v) is 9.41. The van der Waals surface area contributed by atoms with Gasteiger partial charge in [-0.2, -0.15) is 0 Å². The van der Waals surface area contributed by atoms with E-state index in [1.165, 1.54) is 0 Å². The van der Waals surface area contributed by atoms with Crippen LogP contribution in [-0.2, 0) is 17.9 Å². The number of nitrogens with zero attached hydrogens (tertiary/aromatic N) is 2. The Kier molecular flexibility index (Phi) is 8.33. The van der Waals surface area contributed by atoms with Crippen molar-refractivity contribution in [3.8, 4) is 11.5 Å². The maximum Gasteiger partial charge on any atom is 0.241 e. The van der Waals surface area contributed by atoms with Crippen LogP contribution in [0.15, 0.2) is 47.5 Å². The number of likely N-dealkylation sites (N-methyl/N-ethyl adjacent to an activating group) is 1. The smallest absolute Gasteiger partial charge is 0.241 e. The van der Waals surface area contributed by atoms with Crippen LogP contribution in [0.4, 0.5) is 0 Å². The van der Waals surface area contributed by atoms with Crippen molar-refractivity contribution >= 4 is 11.9 Å². The van der Waals surface area contributed by atoms with E-state index in [1.807, 2.05) is 43.3 Å². The van der Waals surface area contributed by atoms with Crippen LogP contribution in [-0.4, -0.2) is 51.6 Å². The average Bonchev–Trinajstić information content (AvgIpc) is 2.72. The second-order valence-electron chi connectivity index (χ2n) is 6.87. The van der Waals surface area contributed by atoms with Gasteiger partial charge in [0.25, 0.3) is 0 Å². The molecule has 0 saturated carbocycles. The first kappa shape index (κ1) is 22.1. The Morgan fingerprint density at radius 2 is 1.66 bits per heavy atom. The van der Waals surface area contributed by atoms with Crippen molar-refractivity contribution in [3.63, 3.8) is 0 Å². The van der Waals surface area contributed by atoms with Crippen LogP contribution in [0.5, 0.6) is 11.5 Å². The van der Waals surface area contributed by atoms with Crippen molar-refractivity contribution in [1.82, 2.24) is 15.5 Å². The van der Waals surface area contributed by atoms with Crippen molar-refractivity contribution in [2.24, 2.45) is 4.99 Å². The number of aliphatic imine (C=N–C) groups is 1. The highest BCUT2D eigenvalue weighted by atomic mass is 16.5. The largest absolute Gasteiger partial charge is 0.497 e. The van der Waals surface area contributed by atoms with Crippen LogP contribution in [0.25, 0.3) is 0 Å². The standard InChI is InChI=1S/C22H30N4O3/c1-16-10-18(12-20(11-16)29-5)14-24-22(25-15-21(27)26(2)3)23-13-17-6-8-19(28-4)9-7-17/h6-12H,13-15H2,1-5H3,(H2,23,24,25). The van der Waals surface area contributed by atoms with Crippen molar-refractivity contribution in [2.75, 3.05) is 34.9 Å². The summed E-state index contributed by atoms with van der Waals surface area (Å²) in [6, 6.07) is 13.8. The highest BCUT2D eigenvalue weighted by Gasteiger charge is 2.07. The van der Waals surface area contributed by atoms with E-state index in [-0.39, 0.29) is 12.5 Å². The van der Waals surface area contributed by atoms with Gasteiger partial charge in [0.2, 0.25) is 5.91 Å². The summed E-state index contributed by atoms with van der Waals surface area (Å²) in [5.74, 6) is 2.15. The minimum atomic E-state index is -0.0267. The number of rotatable bonds is 8. The lowest BCUT2D eigenvalue weighted by molar-refractivity contribution is -0.127. The van der Waals surface area contributed by atoms with Gasteiger partial charge in [-0.05, 0) is 47.9 Å². The number of ether oxygens (including phenoxy) is 2. The van der Waals surface area contributed by atoms with Gasteiger partial charge in [0, 0.05) is 20.6 Å². The number of guanidine groups is 1. The summed E-state index contributed by atoms with van der Waals surface area (Å²) in [5.41, 5.74) is 3.22. The monoisotopic (exact) mass is 398 g/mol.